The monoisotopic (exact) mass is 181 g/mol. The van der Waals surface area contributed by atoms with E-state index in [1.165, 1.54) is 12.3 Å². The van der Waals surface area contributed by atoms with E-state index >= 15 is 0 Å². The quantitative estimate of drug-likeness (QED) is 0.697. The summed E-state index contributed by atoms with van der Waals surface area (Å²) in [6.07, 6.45) is 5.04. The summed E-state index contributed by atoms with van der Waals surface area (Å²) in [5.74, 6) is -0.968. The van der Waals surface area contributed by atoms with Gasteiger partial charge in [0.1, 0.15) is 0 Å². The Bertz CT molecular complexity index is 317. The Kier molecular flexibility index (Phi) is 3.19. The molecule has 0 aliphatic carbocycles. The summed E-state index contributed by atoms with van der Waals surface area (Å²) in [5.41, 5.74) is 0.712. The van der Waals surface area contributed by atoms with Gasteiger partial charge in [0, 0.05) is 12.6 Å². The molecule has 1 rings (SSSR count). The van der Waals surface area contributed by atoms with E-state index in [9.17, 15) is 4.79 Å². The topological polar surface area (TPSA) is 68.0 Å². The number of hydrogen-bond donors (Lipinski definition) is 1. The number of aryl methyl sites for hydroxylation is 1. The maximum atomic E-state index is 10.2. The van der Waals surface area contributed by atoms with E-state index in [1.807, 2.05) is 6.92 Å². The van der Waals surface area contributed by atoms with Crippen molar-refractivity contribution in [1.82, 2.24) is 15.0 Å². The molecule has 0 aliphatic rings. The summed E-state index contributed by atoms with van der Waals surface area (Å²) in [4.78, 5) is 10.2. The number of rotatable bonds is 4. The molecule has 0 aliphatic heterocycles. The van der Waals surface area contributed by atoms with Crippen LogP contribution in [0.25, 0.3) is 6.08 Å². The standard InChI is InChI=1S/C8H11N3O2/c1-2-5-11-7(6-9-10-11)3-4-8(12)13/h3-4,6H,2,5H2,1H3,(H,12,13)/b4-3+. The third-order valence-electron chi connectivity index (χ3n) is 1.48. The second-order valence-electron chi connectivity index (χ2n) is 2.55. The fraction of sp³-hybridized carbons (Fsp3) is 0.375. The molecule has 1 aromatic rings. The van der Waals surface area contributed by atoms with Crippen LogP contribution in [0.1, 0.15) is 19.0 Å². The molecule has 0 bridgehead atoms. The fourth-order valence-corrected chi connectivity index (χ4v) is 0.937. The zero-order valence-electron chi connectivity index (χ0n) is 7.34. The van der Waals surface area contributed by atoms with E-state index in [1.54, 1.807) is 4.68 Å². The first-order valence-corrected chi connectivity index (χ1v) is 4.03. The highest BCUT2D eigenvalue weighted by Crippen LogP contribution is 2.00. The normalized spacial score (nSPS) is 10.8. The molecule has 5 heteroatoms. The van der Waals surface area contributed by atoms with Crippen LogP contribution in [0.3, 0.4) is 0 Å². The average Bonchev–Trinajstić information content (AvgIpc) is 2.49. The lowest BCUT2D eigenvalue weighted by atomic mass is 10.4. The minimum Gasteiger partial charge on any atom is -0.478 e. The molecule has 1 N–H and O–H groups in total. The van der Waals surface area contributed by atoms with Crippen molar-refractivity contribution >= 4 is 12.0 Å². The molecule has 0 saturated carbocycles. The number of carboxylic acid groups (broad SMARTS) is 1. The molecule has 5 nitrogen and oxygen atoms in total. The number of aromatic nitrogens is 3. The Morgan fingerprint density at radius 3 is 3.15 bits per heavy atom. The van der Waals surface area contributed by atoms with Crippen molar-refractivity contribution in [1.29, 1.82) is 0 Å². The Hall–Kier alpha value is -1.65. The SMILES string of the molecule is CCCn1nncc1/C=C/C(=O)O. The largest absolute Gasteiger partial charge is 0.478 e. The predicted molar refractivity (Wildman–Crippen MR) is 47.0 cm³/mol. The van der Waals surface area contributed by atoms with E-state index in [-0.39, 0.29) is 0 Å². The fourth-order valence-electron chi connectivity index (χ4n) is 0.937. The van der Waals surface area contributed by atoms with Crippen molar-refractivity contribution in [3.8, 4) is 0 Å². The van der Waals surface area contributed by atoms with Crippen molar-refractivity contribution in [3.05, 3.63) is 18.0 Å². The highest BCUT2D eigenvalue weighted by atomic mass is 16.4. The van der Waals surface area contributed by atoms with E-state index < -0.39 is 5.97 Å². The van der Waals surface area contributed by atoms with Crippen molar-refractivity contribution in [2.24, 2.45) is 0 Å². The minimum atomic E-state index is -0.968. The maximum Gasteiger partial charge on any atom is 0.328 e. The van der Waals surface area contributed by atoms with Crippen LogP contribution in [0.2, 0.25) is 0 Å². The molecule has 0 atom stereocenters. The summed E-state index contributed by atoms with van der Waals surface area (Å²) in [5, 5.41) is 15.9. The van der Waals surface area contributed by atoms with Crippen LogP contribution in [-0.2, 0) is 11.3 Å². The van der Waals surface area contributed by atoms with Crippen molar-refractivity contribution in [2.45, 2.75) is 19.9 Å². The molecule has 0 spiro atoms. The smallest absolute Gasteiger partial charge is 0.328 e. The summed E-state index contributed by atoms with van der Waals surface area (Å²) in [6.45, 7) is 2.77. The second kappa shape index (κ2) is 4.39. The predicted octanol–water partition coefficient (Wildman–Crippen LogP) is 0.786. The first kappa shape index (κ1) is 9.44. The van der Waals surface area contributed by atoms with Gasteiger partial charge in [0.15, 0.2) is 0 Å². The van der Waals surface area contributed by atoms with Crippen LogP contribution in [0, 0.1) is 0 Å². The Labute approximate surface area is 75.7 Å². The Balaban J connectivity index is 2.75. The van der Waals surface area contributed by atoms with Gasteiger partial charge in [-0.15, -0.1) is 5.10 Å². The average molecular weight is 181 g/mol. The Morgan fingerprint density at radius 1 is 1.77 bits per heavy atom. The summed E-state index contributed by atoms with van der Waals surface area (Å²) in [6, 6.07) is 0. The van der Waals surface area contributed by atoms with Gasteiger partial charge in [-0.05, 0) is 12.5 Å². The van der Waals surface area contributed by atoms with E-state index in [4.69, 9.17) is 5.11 Å². The number of carbonyl (C=O) groups is 1. The van der Waals surface area contributed by atoms with E-state index in [2.05, 4.69) is 10.3 Å². The zero-order chi connectivity index (χ0) is 9.68. The molecule has 0 saturated heterocycles. The lowest BCUT2D eigenvalue weighted by Crippen LogP contribution is -2.01. The van der Waals surface area contributed by atoms with Crippen LogP contribution in [-0.4, -0.2) is 26.1 Å². The van der Waals surface area contributed by atoms with E-state index in [0.29, 0.717) is 5.69 Å². The first-order chi connectivity index (χ1) is 6.24. The summed E-state index contributed by atoms with van der Waals surface area (Å²) < 4.78 is 1.67. The number of aliphatic carboxylic acids is 1. The molecule has 1 heterocycles. The molecule has 1 aromatic heterocycles. The third-order valence-corrected chi connectivity index (χ3v) is 1.48. The van der Waals surface area contributed by atoms with Gasteiger partial charge in [0.2, 0.25) is 0 Å². The number of nitrogens with zero attached hydrogens (tertiary/aromatic N) is 3. The zero-order valence-corrected chi connectivity index (χ0v) is 7.34. The second-order valence-corrected chi connectivity index (χ2v) is 2.55. The van der Waals surface area contributed by atoms with Gasteiger partial charge in [-0.2, -0.15) is 0 Å². The van der Waals surface area contributed by atoms with Gasteiger partial charge >= 0.3 is 5.97 Å². The molecule has 0 aromatic carbocycles. The molecule has 0 amide bonds. The van der Waals surface area contributed by atoms with Crippen molar-refractivity contribution in [3.63, 3.8) is 0 Å². The molecule has 13 heavy (non-hydrogen) atoms. The highest BCUT2D eigenvalue weighted by Gasteiger charge is 1.98. The highest BCUT2D eigenvalue weighted by molar-refractivity contribution is 5.84. The lowest BCUT2D eigenvalue weighted by Gasteiger charge is -1.98. The molecule has 0 fully saturated rings. The first-order valence-electron chi connectivity index (χ1n) is 4.03. The molecular formula is C8H11N3O2. The summed E-state index contributed by atoms with van der Waals surface area (Å²) >= 11 is 0. The number of hydrogen-bond acceptors (Lipinski definition) is 3. The molecule has 0 unspecified atom stereocenters. The van der Waals surface area contributed by atoms with Crippen LogP contribution in [0.15, 0.2) is 12.3 Å². The van der Waals surface area contributed by atoms with E-state index in [0.717, 1.165) is 19.0 Å². The van der Waals surface area contributed by atoms with Crippen LogP contribution < -0.4 is 0 Å². The van der Waals surface area contributed by atoms with Gasteiger partial charge < -0.3 is 5.11 Å². The van der Waals surface area contributed by atoms with Crippen LogP contribution >= 0.6 is 0 Å². The minimum absolute atomic E-state index is 0.712. The van der Waals surface area contributed by atoms with Gasteiger partial charge in [-0.1, -0.05) is 12.1 Å². The van der Waals surface area contributed by atoms with Crippen molar-refractivity contribution < 1.29 is 9.90 Å². The van der Waals surface area contributed by atoms with Gasteiger partial charge in [-0.25, -0.2) is 9.48 Å². The lowest BCUT2D eigenvalue weighted by molar-refractivity contribution is -0.131. The third kappa shape index (κ3) is 2.70. The van der Waals surface area contributed by atoms with Gasteiger partial charge in [-0.3, -0.25) is 0 Å². The molecule has 0 radical (unpaired) electrons. The van der Waals surface area contributed by atoms with Gasteiger partial charge in [0.05, 0.1) is 11.9 Å². The summed E-state index contributed by atoms with van der Waals surface area (Å²) in [7, 11) is 0. The molecular weight excluding hydrogens is 170 g/mol. The number of carboxylic acids is 1. The van der Waals surface area contributed by atoms with Crippen molar-refractivity contribution in [2.75, 3.05) is 0 Å². The van der Waals surface area contributed by atoms with Crippen LogP contribution in [0.4, 0.5) is 0 Å². The molecule has 70 valence electrons. The van der Waals surface area contributed by atoms with Crippen LogP contribution in [0.5, 0.6) is 0 Å². The Morgan fingerprint density at radius 2 is 2.54 bits per heavy atom. The maximum absolute atomic E-state index is 10.2. The van der Waals surface area contributed by atoms with Gasteiger partial charge in [0.25, 0.3) is 0 Å².